The van der Waals surface area contributed by atoms with Crippen LogP contribution in [0.25, 0.3) is 0 Å². The van der Waals surface area contributed by atoms with E-state index in [0.29, 0.717) is 12.8 Å². The molecule has 4 heteroatoms. The summed E-state index contributed by atoms with van der Waals surface area (Å²) in [6.45, 7) is 3.72. The van der Waals surface area contributed by atoms with Crippen LogP contribution in [0.2, 0.25) is 0 Å². The molecule has 0 aliphatic rings. The summed E-state index contributed by atoms with van der Waals surface area (Å²) in [4.78, 5) is 22.0. The maximum absolute atomic E-state index is 11.1. The Bertz CT molecular complexity index is 200. The highest BCUT2D eigenvalue weighted by Crippen LogP contribution is 2.18. The molecular formula is C10H18O4. The van der Waals surface area contributed by atoms with Gasteiger partial charge in [0.25, 0.3) is 0 Å². The van der Waals surface area contributed by atoms with Gasteiger partial charge in [0.15, 0.2) is 0 Å². The van der Waals surface area contributed by atoms with Crippen molar-refractivity contribution in [3.8, 4) is 0 Å². The monoisotopic (exact) mass is 202 g/mol. The molecule has 0 heterocycles. The van der Waals surface area contributed by atoms with Gasteiger partial charge in [-0.15, -0.1) is 0 Å². The van der Waals surface area contributed by atoms with Crippen LogP contribution in [0, 0.1) is 11.8 Å². The van der Waals surface area contributed by atoms with Crippen LogP contribution in [0.4, 0.5) is 0 Å². The minimum Gasteiger partial charge on any atom is -0.469 e. The molecule has 0 aromatic heterocycles. The van der Waals surface area contributed by atoms with Crippen molar-refractivity contribution in [1.29, 1.82) is 0 Å². The predicted octanol–water partition coefficient (Wildman–Crippen LogP) is 1.38. The van der Waals surface area contributed by atoms with E-state index in [-0.39, 0.29) is 23.8 Å². The number of hydrogen-bond acceptors (Lipinski definition) is 4. The molecule has 0 aliphatic carbocycles. The molecular weight excluding hydrogens is 184 g/mol. The number of rotatable bonds is 5. The lowest BCUT2D eigenvalue weighted by atomic mass is 9.92. The van der Waals surface area contributed by atoms with Crippen molar-refractivity contribution >= 4 is 11.9 Å². The van der Waals surface area contributed by atoms with Crippen molar-refractivity contribution in [2.24, 2.45) is 11.8 Å². The lowest BCUT2D eigenvalue weighted by molar-refractivity contribution is -0.147. The first kappa shape index (κ1) is 12.9. The maximum atomic E-state index is 11.1. The molecule has 0 aromatic rings. The van der Waals surface area contributed by atoms with Crippen molar-refractivity contribution in [3.63, 3.8) is 0 Å². The average molecular weight is 202 g/mol. The van der Waals surface area contributed by atoms with Gasteiger partial charge in [-0.1, -0.05) is 13.8 Å². The number of carbonyl (C=O) groups is 2. The Morgan fingerprint density at radius 1 is 1.14 bits per heavy atom. The third kappa shape index (κ3) is 4.25. The lowest BCUT2D eigenvalue weighted by Crippen LogP contribution is -2.21. The first-order chi connectivity index (χ1) is 6.52. The van der Waals surface area contributed by atoms with E-state index >= 15 is 0 Å². The number of ether oxygens (including phenoxy) is 2. The van der Waals surface area contributed by atoms with Crippen LogP contribution in [0.1, 0.15) is 26.7 Å². The first-order valence-electron chi connectivity index (χ1n) is 4.67. The van der Waals surface area contributed by atoms with Gasteiger partial charge in [-0.3, -0.25) is 9.59 Å². The molecule has 0 rings (SSSR count). The molecule has 82 valence electrons. The smallest absolute Gasteiger partial charge is 0.308 e. The Hall–Kier alpha value is -1.06. The van der Waals surface area contributed by atoms with Crippen molar-refractivity contribution in [3.05, 3.63) is 0 Å². The van der Waals surface area contributed by atoms with E-state index in [4.69, 9.17) is 0 Å². The second-order valence-electron chi connectivity index (χ2n) is 3.40. The number of carbonyl (C=O) groups excluding carboxylic acids is 2. The van der Waals surface area contributed by atoms with Gasteiger partial charge in [0.2, 0.25) is 0 Å². The summed E-state index contributed by atoms with van der Waals surface area (Å²) in [7, 11) is 2.72. The summed E-state index contributed by atoms with van der Waals surface area (Å²) in [5, 5.41) is 0. The maximum Gasteiger partial charge on any atom is 0.308 e. The first-order valence-corrected chi connectivity index (χ1v) is 4.67. The molecule has 0 fully saturated rings. The molecule has 0 N–H and O–H groups in total. The van der Waals surface area contributed by atoms with E-state index in [9.17, 15) is 9.59 Å². The quantitative estimate of drug-likeness (QED) is 0.632. The zero-order valence-corrected chi connectivity index (χ0v) is 9.20. The van der Waals surface area contributed by atoms with Crippen LogP contribution in [-0.2, 0) is 19.1 Å². The van der Waals surface area contributed by atoms with E-state index in [1.807, 2.05) is 6.92 Å². The standard InChI is InChI=1S/C10H18O4/c1-7(5-6-9(11)13-3)8(2)10(12)14-4/h7-8H,5-6H2,1-4H3. The zero-order valence-electron chi connectivity index (χ0n) is 9.20. The van der Waals surface area contributed by atoms with Gasteiger partial charge in [-0.2, -0.15) is 0 Å². The van der Waals surface area contributed by atoms with Gasteiger partial charge in [-0.25, -0.2) is 0 Å². The molecule has 0 aliphatic heterocycles. The van der Waals surface area contributed by atoms with E-state index in [1.54, 1.807) is 6.92 Å². The summed E-state index contributed by atoms with van der Waals surface area (Å²) >= 11 is 0. The Kier molecular flexibility index (Phi) is 5.92. The van der Waals surface area contributed by atoms with Crippen LogP contribution >= 0.6 is 0 Å². The van der Waals surface area contributed by atoms with Crippen molar-refractivity contribution in [2.75, 3.05) is 14.2 Å². The molecule has 0 radical (unpaired) electrons. The highest BCUT2D eigenvalue weighted by atomic mass is 16.5. The van der Waals surface area contributed by atoms with Crippen molar-refractivity contribution in [1.82, 2.24) is 0 Å². The molecule has 4 nitrogen and oxygen atoms in total. The summed E-state index contributed by atoms with van der Waals surface area (Å²) < 4.78 is 9.12. The molecule has 0 amide bonds. The second-order valence-corrected chi connectivity index (χ2v) is 3.40. The van der Waals surface area contributed by atoms with E-state index in [0.717, 1.165) is 0 Å². The Morgan fingerprint density at radius 2 is 1.71 bits per heavy atom. The van der Waals surface area contributed by atoms with Crippen LogP contribution in [0.3, 0.4) is 0 Å². The van der Waals surface area contributed by atoms with Crippen molar-refractivity contribution < 1.29 is 19.1 Å². The van der Waals surface area contributed by atoms with Crippen molar-refractivity contribution in [2.45, 2.75) is 26.7 Å². The van der Waals surface area contributed by atoms with Gasteiger partial charge in [0.05, 0.1) is 20.1 Å². The third-order valence-electron chi connectivity index (χ3n) is 2.46. The predicted molar refractivity (Wildman–Crippen MR) is 51.6 cm³/mol. The van der Waals surface area contributed by atoms with Crippen LogP contribution in [0.5, 0.6) is 0 Å². The summed E-state index contributed by atoms with van der Waals surface area (Å²) in [6, 6.07) is 0. The van der Waals surface area contributed by atoms with E-state index < -0.39 is 0 Å². The molecule has 0 saturated heterocycles. The number of methoxy groups -OCH3 is 2. The normalized spacial score (nSPS) is 14.3. The largest absolute Gasteiger partial charge is 0.469 e. The Labute approximate surface area is 84.6 Å². The topological polar surface area (TPSA) is 52.6 Å². The highest BCUT2D eigenvalue weighted by molar-refractivity contribution is 5.72. The van der Waals surface area contributed by atoms with Gasteiger partial charge in [-0.05, 0) is 12.3 Å². The molecule has 2 unspecified atom stereocenters. The SMILES string of the molecule is COC(=O)CCC(C)C(C)C(=O)OC. The van der Waals surface area contributed by atoms with Crippen LogP contribution in [-0.4, -0.2) is 26.2 Å². The van der Waals surface area contributed by atoms with E-state index in [2.05, 4.69) is 9.47 Å². The summed E-state index contributed by atoms with van der Waals surface area (Å²) in [5.74, 6) is -0.525. The van der Waals surface area contributed by atoms with Gasteiger partial charge >= 0.3 is 11.9 Å². The van der Waals surface area contributed by atoms with Gasteiger partial charge in [0, 0.05) is 6.42 Å². The van der Waals surface area contributed by atoms with Gasteiger partial charge < -0.3 is 9.47 Å². The summed E-state index contributed by atoms with van der Waals surface area (Å²) in [6.07, 6.45) is 0.988. The fourth-order valence-electron chi connectivity index (χ4n) is 1.12. The fraction of sp³-hybridized carbons (Fsp3) is 0.800. The molecule has 0 bridgehead atoms. The molecule has 2 atom stereocenters. The number of hydrogen-bond donors (Lipinski definition) is 0. The molecule has 0 saturated carbocycles. The zero-order chi connectivity index (χ0) is 11.1. The fourth-order valence-corrected chi connectivity index (χ4v) is 1.12. The highest BCUT2D eigenvalue weighted by Gasteiger charge is 2.21. The Morgan fingerprint density at radius 3 is 2.14 bits per heavy atom. The third-order valence-corrected chi connectivity index (χ3v) is 2.46. The van der Waals surface area contributed by atoms with Gasteiger partial charge in [0.1, 0.15) is 0 Å². The van der Waals surface area contributed by atoms with Crippen LogP contribution < -0.4 is 0 Å². The minimum absolute atomic E-state index is 0.126. The Balaban J connectivity index is 3.89. The molecule has 14 heavy (non-hydrogen) atoms. The molecule has 0 aromatic carbocycles. The summed E-state index contributed by atoms with van der Waals surface area (Å²) in [5.41, 5.74) is 0. The average Bonchev–Trinajstić information content (AvgIpc) is 2.22. The van der Waals surface area contributed by atoms with E-state index in [1.165, 1.54) is 14.2 Å². The lowest BCUT2D eigenvalue weighted by Gasteiger charge is -2.16. The van der Waals surface area contributed by atoms with Crippen LogP contribution in [0.15, 0.2) is 0 Å². The molecule has 0 spiro atoms. The number of esters is 2. The second kappa shape index (κ2) is 6.40. The minimum atomic E-state index is -0.242.